The lowest BCUT2D eigenvalue weighted by Crippen LogP contribution is -2.26. The zero-order valence-corrected chi connectivity index (χ0v) is 14.8. The van der Waals surface area contributed by atoms with Gasteiger partial charge in [-0.15, -0.1) is 10.2 Å². The Kier molecular flexibility index (Phi) is 7.68. The van der Waals surface area contributed by atoms with Gasteiger partial charge in [0.25, 0.3) is 11.1 Å². The first-order valence-corrected chi connectivity index (χ1v) is 8.71. The van der Waals surface area contributed by atoms with E-state index in [1.54, 1.807) is 14.0 Å². The summed E-state index contributed by atoms with van der Waals surface area (Å²) in [5.74, 6) is 0.513. The summed E-state index contributed by atoms with van der Waals surface area (Å²) in [6.07, 6.45) is 0.269. The number of halogens is 1. The summed E-state index contributed by atoms with van der Waals surface area (Å²) in [7, 11) is 1.62. The number of nitrogens with one attached hydrogen (secondary N) is 1. The van der Waals surface area contributed by atoms with Gasteiger partial charge >= 0.3 is 0 Å². The third-order valence-corrected chi connectivity index (χ3v) is 3.89. The molecule has 0 bridgehead atoms. The van der Waals surface area contributed by atoms with Crippen LogP contribution in [0.5, 0.6) is 5.75 Å². The predicted octanol–water partition coefficient (Wildman–Crippen LogP) is 2.59. The minimum absolute atomic E-state index is 0.114. The van der Waals surface area contributed by atoms with Gasteiger partial charge in [0.1, 0.15) is 11.6 Å². The van der Waals surface area contributed by atoms with Crippen LogP contribution in [-0.2, 0) is 9.53 Å². The predicted molar refractivity (Wildman–Crippen MR) is 90.0 cm³/mol. The van der Waals surface area contributed by atoms with Gasteiger partial charge in [-0.25, -0.2) is 4.39 Å². The summed E-state index contributed by atoms with van der Waals surface area (Å²) in [4.78, 5) is 11.7. The van der Waals surface area contributed by atoms with Crippen molar-refractivity contribution in [3.05, 3.63) is 36.0 Å². The Labute approximate surface area is 149 Å². The highest BCUT2D eigenvalue weighted by molar-refractivity contribution is 7.99. The lowest BCUT2D eigenvalue weighted by molar-refractivity contribution is -0.118. The van der Waals surface area contributed by atoms with Crippen LogP contribution in [0.2, 0.25) is 0 Å². The first-order valence-electron chi connectivity index (χ1n) is 7.72. The Morgan fingerprint density at radius 2 is 2.12 bits per heavy atom. The maximum absolute atomic E-state index is 12.9. The van der Waals surface area contributed by atoms with E-state index in [1.165, 1.54) is 24.3 Å². The van der Waals surface area contributed by atoms with E-state index in [2.05, 4.69) is 15.5 Å². The van der Waals surface area contributed by atoms with Crippen molar-refractivity contribution in [2.75, 3.05) is 26.0 Å². The molecule has 1 unspecified atom stereocenters. The zero-order valence-electron chi connectivity index (χ0n) is 14.0. The van der Waals surface area contributed by atoms with Crippen LogP contribution in [0.1, 0.15) is 25.3 Å². The summed E-state index contributed by atoms with van der Waals surface area (Å²) in [6, 6.07) is 5.66. The number of amides is 1. The first-order chi connectivity index (χ1) is 12.1. The molecular weight excluding hydrogens is 349 g/mol. The zero-order chi connectivity index (χ0) is 18.1. The van der Waals surface area contributed by atoms with Crippen LogP contribution >= 0.6 is 11.8 Å². The van der Waals surface area contributed by atoms with Crippen molar-refractivity contribution >= 4 is 17.7 Å². The fourth-order valence-electron chi connectivity index (χ4n) is 1.83. The van der Waals surface area contributed by atoms with E-state index in [9.17, 15) is 9.18 Å². The monoisotopic (exact) mass is 369 g/mol. The molecule has 0 aliphatic carbocycles. The summed E-state index contributed by atoms with van der Waals surface area (Å²) in [5.41, 5.74) is 0. The van der Waals surface area contributed by atoms with Crippen molar-refractivity contribution < 1.29 is 23.1 Å². The minimum Gasteiger partial charge on any atom is -0.481 e. The summed E-state index contributed by atoms with van der Waals surface area (Å²) < 4.78 is 28.9. The maximum atomic E-state index is 12.9. The number of benzene rings is 1. The second-order valence-corrected chi connectivity index (χ2v) is 6.03. The molecule has 1 aromatic heterocycles. The molecule has 2 rings (SSSR count). The molecule has 0 aliphatic rings. The average Bonchev–Trinajstić information content (AvgIpc) is 3.08. The van der Waals surface area contributed by atoms with Gasteiger partial charge in [0.05, 0.1) is 5.75 Å². The average molecular weight is 369 g/mol. The molecule has 0 spiro atoms. The van der Waals surface area contributed by atoms with E-state index in [4.69, 9.17) is 13.9 Å². The largest absolute Gasteiger partial charge is 0.481 e. The summed E-state index contributed by atoms with van der Waals surface area (Å²) >= 11 is 1.15. The van der Waals surface area contributed by atoms with Crippen molar-refractivity contribution in [1.29, 1.82) is 0 Å². The molecule has 1 heterocycles. The molecule has 1 atom stereocenters. The van der Waals surface area contributed by atoms with Gasteiger partial charge in [0.2, 0.25) is 5.91 Å². The van der Waals surface area contributed by atoms with Crippen molar-refractivity contribution in [2.24, 2.45) is 0 Å². The lowest BCUT2D eigenvalue weighted by Gasteiger charge is -2.10. The van der Waals surface area contributed by atoms with Crippen LogP contribution in [0.25, 0.3) is 0 Å². The number of nitrogens with zero attached hydrogens (tertiary/aromatic N) is 2. The fraction of sp³-hybridized carbons (Fsp3) is 0.438. The highest BCUT2D eigenvalue weighted by atomic mass is 32.2. The fourth-order valence-corrected chi connectivity index (χ4v) is 2.43. The molecule has 1 amide bonds. The Balaban J connectivity index is 1.77. The second-order valence-electron chi connectivity index (χ2n) is 5.11. The Morgan fingerprint density at radius 1 is 1.36 bits per heavy atom. The molecule has 1 N–H and O–H groups in total. The quantitative estimate of drug-likeness (QED) is 0.509. The molecule has 0 radical (unpaired) electrons. The first kappa shape index (κ1) is 19.2. The number of ether oxygens (including phenoxy) is 2. The standard InChI is InChI=1S/C16H20FN3O4S/c1-11(23-13-6-4-12(17)5-7-13)15-19-20-16(24-15)25-10-14(21)18-8-3-9-22-2/h4-7,11H,3,8-10H2,1-2H3,(H,18,21). The number of hydrogen-bond acceptors (Lipinski definition) is 7. The van der Waals surface area contributed by atoms with Gasteiger partial charge < -0.3 is 19.2 Å². The molecule has 136 valence electrons. The van der Waals surface area contributed by atoms with Crippen molar-refractivity contribution in [3.63, 3.8) is 0 Å². The molecule has 0 saturated carbocycles. The molecule has 2 aromatic rings. The SMILES string of the molecule is COCCCNC(=O)CSc1nnc(C(C)Oc2ccc(F)cc2)o1. The number of aromatic nitrogens is 2. The van der Waals surface area contributed by atoms with Gasteiger partial charge in [-0.2, -0.15) is 0 Å². The lowest BCUT2D eigenvalue weighted by atomic mass is 10.3. The van der Waals surface area contributed by atoms with Crippen LogP contribution in [0, 0.1) is 5.82 Å². The molecule has 0 aliphatic heterocycles. The van der Waals surface area contributed by atoms with Crippen LogP contribution in [-0.4, -0.2) is 42.1 Å². The van der Waals surface area contributed by atoms with Gasteiger partial charge in [-0.3, -0.25) is 4.79 Å². The topological polar surface area (TPSA) is 86.5 Å². The van der Waals surface area contributed by atoms with Crippen LogP contribution in [0.4, 0.5) is 4.39 Å². The molecule has 25 heavy (non-hydrogen) atoms. The van der Waals surface area contributed by atoms with Crippen molar-refractivity contribution in [3.8, 4) is 5.75 Å². The number of carbonyl (C=O) groups excluding carboxylic acids is 1. The third-order valence-electron chi connectivity index (χ3n) is 3.07. The molecular formula is C16H20FN3O4S. The van der Waals surface area contributed by atoms with E-state index < -0.39 is 6.10 Å². The smallest absolute Gasteiger partial charge is 0.277 e. The van der Waals surface area contributed by atoms with Gasteiger partial charge in [0.15, 0.2) is 6.10 Å². The van der Waals surface area contributed by atoms with Crippen LogP contribution in [0.3, 0.4) is 0 Å². The highest BCUT2D eigenvalue weighted by Crippen LogP contribution is 2.23. The van der Waals surface area contributed by atoms with Crippen LogP contribution < -0.4 is 10.1 Å². The summed E-state index contributed by atoms with van der Waals surface area (Å²) in [5, 5.41) is 10.8. The number of rotatable bonds is 10. The van der Waals surface area contributed by atoms with E-state index >= 15 is 0 Å². The van der Waals surface area contributed by atoms with E-state index in [0.29, 0.717) is 18.9 Å². The van der Waals surface area contributed by atoms with Crippen molar-refractivity contribution in [1.82, 2.24) is 15.5 Å². The van der Waals surface area contributed by atoms with E-state index in [0.717, 1.165) is 18.2 Å². The van der Waals surface area contributed by atoms with E-state index in [1.807, 2.05) is 0 Å². The van der Waals surface area contributed by atoms with Crippen molar-refractivity contribution in [2.45, 2.75) is 24.7 Å². The van der Waals surface area contributed by atoms with Gasteiger partial charge in [-0.1, -0.05) is 11.8 Å². The Hall–Kier alpha value is -2.13. The third kappa shape index (κ3) is 6.71. The van der Waals surface area contributed by atoms with E-state index in [-0.39, 0.29) is 28.6 Å². The van der Waals surface area contributed by atoms with Gasteiger partial charge in [-0.05, 0) is 37.6 Å². The molecule has 9 heteroatoms. The highest BCUT2D eigenvalue weighted by Gasteiger charge is 2.16. The van der Waals surface area contributed by atoms with Crippen LogP contribution in [0.15, 0.2) is 33.9 Å². The summed E-state index contributed by atoms with van der Waals surface area (Å²) in [6.45, 7) is 2.91. The second kappa shape index (κ2) is 10.00. The molecule has 1 aromatic carbocycles. The maximum Gasteiger partial charge on any atom is 0.277 e. The van der Waals surface area contributed by atoms with Gasteiger partial charge in [0, 0.05) is 20.3 Å². The number of thioether (sulfide) groups is 1. The minimum atomic E-state index is -0.491. The molecule has 0 saturated heterocycles. The Morgan fingerprint density at radius 3 is 2.84 bits per heavy atom. The number of carbonyl (C=O) groups is 1. The number of methoxy groups -OCH3 is 1. The normalized spacial score (nSPS) is 12.0. The number of hydrogen-bond donors (Lipinski definition) is 1. The molecule has 0 fully saturated rings. The Bertz CT molecular complexity index is 666. The molecule has 7 nitrogen and oxygen atoms in total.